The van der Waals surface area contributed by atoms with Gasteiger partial charge in [-0.1, -0.05) is 48.5 Å². The fourth-order valence-corrected chi connectivity index (χ4v) is 2.16. The van der Waals surface area contributed by atoms with Gasteiger partial charge in [0.15, 0.2) is 5.78 Å². The Morgan fingerprint density at radius 1 is 0.857 bits per heavy atom. The van der Waals surface area contributed by atoms with Gasteiger partial charge >= 0.3 is 0 Å². The average molecular weight is 273 g/mol. The molecule has 0 aliphatic rings. The van der Waals surface area contributed by atoms with Crippen LogP contribution >= 0.6 is 0 Å². The normalized spacial score (nSPS) is 10.9. The molecule has 0 aliphatic carbocycles. The van der Waals surface area contributed by atoms with Crippen LogP contribution in [0.15, 0.2) is 85.2 Å². The van der Waals surface area contributed by atoms with Crippen LogP contribution < -0.4 is 0 Å². The minimum absolute atomic E-state index is 0.00728. The maximum atomic E-state index is 12.2. The second-order valence-electron chi connectivity index (χ2n) is 4.75. The summed E-state index contributed by atoms with van der Waals surface area (Å²) in [4.78, 5) is 12.2. The summed E-state index contributed by atoms with van der Waals surface area (Å²) < 4.78 is 1.98. The standard InChI is InChI=1S/C19H15NO/c21-19(12-11-16-7-2-1-3-8-16)17-9-6-10-18(15-17)20-13-4-5-14-20/h1-15H/b12-11+. The van der Waals surface area contributed by atoms with E-state index in [1.165, 1.54) is 0 Å². The van der Waals surface area contributed by atoms with Crippen molar-refractivity contribution in [3.63, 3.8) is 0 Å². The van der Waals surface area contributed by atoms with Gasteiger partial charge in [0, 0.05) is 23.6 Å². The molecular weight excluding hydrogens is 258 g/mol. The summed E-state index contributed by atoms with van der Waals surface area (Å²) in [6, 6.07) is 21.4. The van der Waals surface area contributed by atoms with Crippen LogP contribution in [0.25, 0.3) is 11.8 Å². The van der Waals surface area contributed by atoms with Gasteiger partial charge in [0.1, 0.15) is 0 Å². The van der Waals surface area contributed by atoms with E-state index in [4.69, 9.17) is 0 Å². The van der Waals surface area contributed by atoms with Gasteiger partial charge in [-0.2, -0.15) is 0 Å². The Hall–Kier alpha value is -2.87. The molecule has 0 N–H and O–H groups in total. The van der Waals surface area contributed by atoms with Gasteiger partial charge in [0.25, 0.3) is 0 Å². The molecule has 21 heavy (non-hydrogen) atoms. The molecule has 2 heteroatoms. The quantitative estimate of drug-likeness (QED) is 0.511. The second kappa shape index (κ2) is 6.06. The lowest BCUT2D eigenvalue weighted by Crippen LogP contribution is -1.97. The summed E-state index contributed by atoms with van der Waals surface area (Å²) in [5.74, 6) is 0.00728. The molecule has 0 unspecified atom stereocenters. The Labute approximate surface area is 124 Å². The second-order valence-corrected chi connectivity index (χ2v) is 4.75. The van der Waals surface area contributed by atoms with Crippen LogP contribution in [-0.2, 0) is 0 Å². The highest BCUT2D eigenvalue weighted by Gasteiger charge is 2.03. The predicted octanol–water partition coefficient (Wildman–Crippen LogP) is 4.37. The minimum atomic E-state index is 0.00728. The van der Waals surface area contributed by atoms with E-state index in [0.717, 1.165) is 11.3 Å². The van der Waals surface area contributed by atoms with Gasteiger partial charge in [0.2, 0.25) is 0 Å². The molecule has 0 fully saturated rings. The number of carbonyl (C=O) groups excluding carboxylic acids is 1. The Morgan fingerprint density at radius 2 is 1.62 bits per heavy atom. The Kier molecular flexibility index (Phi) is 3.79. The Bertz CT molecular complexity index is 755. The van der Waals surface area contributed by atoms with Crippen molar-refractivity contribution in [1.29, 1.82) is 0 Å². The molecule has 0 amide bonds. The van der Waals surface area contributed by atoms with E-state index in [0.29, 0.717) is 5.56 Å². The maximum absolute atomic E-state index is 12.2. The van der Waals surface area contributed by atoms with Gasteiger partial charge in [0.05, 0.1) is 0 Å². The molecule has 0 saturated heterocycles. The topological polar surface area (TPSA) is 22.0 Å². The SMILES string of the molecule is O=C(/C=C/c1ccccc1)c1cccc(-n2cccc2)c1. The molecule has 102 valence electrons. The van der Waals surface area contributed by atoms with E-state index < -0.39 is 0 Å². The molecule has 3 aromatic rings. The number of hydrogen-bond donors (Lipinski definition) is 0. The smallest absolute Gasteiger partial charge is 0.185 e. The van der Waals surface area contributed by atoms with Crippen molar-refractivity contribution in [2.24, 2.45) is 0 Å². The van der Waals surface area contributed by atoms with Crippen molar-refractivity contribution >= 4 is 11.9 Å². The van der Waals surface area contributed by atoms with E-state index in [1.54, 1.807) is 6.08 Å². The number of benzene rings is 2. The van der Waals surface area contributed by atoms with Crippen LogP contribution in [0.5, 0.6) is 0 Å². The molecule has 1 heterocycles. The molecule has 0 aliphatic heterocycles. The number of rotatable bonds is 4. The first-order chi connectivity index (χ1) is 10.3. The van der Waals surface area contributed by atoms with Crippen molar-refractivity contribution in [1.82, 2.24) is 4.57 Å². The van der Waals surface area contributed by atoms with Crippen molar-refractivity contribution in [2.75, 3.05) is 0 Å². The van der Waals surface area contributed by atoms with Crippen molar-refractivity contribution in [2.45, 2.75) is 0 Å². The van der Waals surface area contributed by atoms with E-state index in [2.05, 4.69) is 0 Å². The number of ketones is 1. The first-order valence-corrected chi connectivity index (χ1v) is 6.84. The lowest BCUT2D eigenvalue weighted by Gasteiger charge is -2.04. The fourth-order valence-electron chi connectivity index (χ4n) is 2.16. The lowest BCUT2D eigenvalue weighted by atomic mass is 10.1. The molecule has 1 aromatic heterocycles. The van der Waals surface area contributed by atoms with Crippen molar-refractivity contribution in [3.05, 3.63) is 96.3 Å². The highest BCUT2D eigenvalue weighted by molar-refractivity contribution is 6.07. The monoisotopic (exact) mass is 273 g/mol. The van der Waals surface area contributed by atoms with Crippen LogP contribution in [0, 0.1) is 0 Å². The number of allylic oxidation sites excluding steroid dienone is 1. The zero-order valence-electron chi connectivity index (χ0n) is 11.5. The molecule has 0 radical (unpaired) electrons. The third-order valence-electron chi connectivity index (χ3n) is 3.26. The van der Waals surface area contributed by atoms with Crippen LogP contribution in [0.3, 0.4) is 0 Å². The summed E-state index contributed by atoms with van der Waals surface area (Å²) in [5.41, 5.74) is 2.69. The highest BCUT2D eigenvalue weighted by Crippen LogP contribution is 2.12. The maximum Gasteiger partial charge on any atom is 0.185 e. The van der Waals surface area contributed by atoms with Crippen LogP contribution in [0.2, 0.25) is 0 Å². The molecule has 0 bridgehead atoms. The summed E-state index contributed by atoms with van der Waals surface area (Å²) in [5, 5.41) is 0. The lowest BCUT2D eigenvalue weighted by molar-refractivity contribution is 0.104. The number of nitrogens with zero attached hydrogens (tertiary/aromatic N) is 1. The number of hydrogen-bond acceptors (Lipinski definition) is 1. The molecule has 3 rings (SSSR count). The number of aromatic nitrogens is 1. The Morgan fingerprint density at radius 3 is 2.38 bits per heavy atom. The molecule has 0 saturated carbocycles. The molecule has 0 spiro atoms. The largest absolute Gasteiger partial charge is 0.324 e. The highest BCUT2D eigenvalue weighted by atomic mass is 16.1. The van der Waals surface area contributed by atoms with Gasteiger partial charge in [-0.3, -0.25) is 4.79 Å². The first-order valence-electron chi connectivity index (χ1n) is 6.84. The summed E-state index contributed by atoms with van der Waals surface area (Å²) >= 11 is 0. The predicted molar refractivity (Wildman–Crippen MR) is 85.6 cm³/mol. The zero-order chi connectivity index (χ0) is 14.5. The average Bonchev–Trinajstić information content (AvgIpc) is 3.08. The molecule has 2 aromatic carbocycles. The molecular formula is C19H15NO. The third-order valence-corrected chi connectivity index (χ3v) is 3.26. The van der Waals surface area contributed by atoms with E-state index in [9.17, 15) is 4.79 Å². The minimum Gasteiger partial charge on any atom is -0.324 e. The van der Waals surface area contributed by atoms with Crippen molar-refractivity contribution < 1.29 is 4.79 Å². The van der Waals surface area contributed by atoms with Crippen LogP contribution in [0.4, 0.5) is 0 Å². The summed E-state index contributed by atoms with van der Waals surface area (Å²) in [7, 11) is 0. The number of carbonyl (C=O) groups is 1. The van der Waals surface area contributed by atoms with E-state index in [1.807, 2.05) is 89.8 Å². The summed E-state index contributed by atoms with van der Waals surface area (Å²) in [6.45, 7) is 0. The van der Waals surface area contributed by atoms with Gasteiger partial charge in [-0.15, -0.1) is 0 Å². The van der Waals surface area contributed by atoms with Gasteiger partial charge in [-0.05, 0) is 35.9 Å². The van der Waals surface area contributed by atoms with Crippen LogP contribution in [0.1, 0.15) is 15.9 Å². The zero-order valence-corrected chi connectivity index (χ0v) is 11.5. The van der Waals surface area contributed by atoms with E-state index in [-0.39, 0.29) is 5.78 Å². The van der Waals surface area contributed by atoms with E-state index >= 15 is 0 Å². The van der Waals surface area contributed by atoms with Gasteiger partial charge in [-0.25, -0.2) is 0 Å². The summed E-state index contributed by atoms with van der Waals surface area (Å²) in [6.07, 6.45) is 7.38. The molecule has 0 atom stereocenters. The third kappa shape index (κ3) is 3.18. The van der Waals surface area contributed by atoms with Gasteiger partial charge < -0.3 is 4.57 Å². The van der Waals surface area contributed by atoms with Crippen molar-refractivity contribution in [3.8, 4) is 5.69 Å². The molecule has 2 nitrogen and oxygen atoms in total. The van der Waals surface area contributed by atoms with Crippen LogP contribution in [-0.4, -0.2) is 10.4 Å². The first kappa shape index (κ1) is 13.1. The Balaban J connectivity index is 1.82. The fraction of sp³-hybridized carbons (Fsp3) is 0.